The highest BCUT2D eigenvalue weighted by Gasteiger charge is 2.46. The Labute approximate surface area is 225 Å². The monoisotopic (exact) mass is 581 g/mol. The molecule has 2 bridgehead atoms. The van der Waals surface area contributed by atoms with E-state index in [-0.39, 0.29) is 23.4 Å². The third-order valence-electron chi connectivity index (χ3n) is 7.74. The Morgan fingerprint density at radius 3 is 2.73 bits per heavy atom. The van der Waals surface area contributed by atoms with Crippen LogP contribution in [-0.2, 0) is 4.79 Å². The molecule has 1 N–H and O–H groups in total. The molecular weight excluding hydrogens is 557 g/mol. The van der Waals surface area contributed by atoms with Crippen LogP contribution >= 0.6 is 27.7 Å². The lowest BCUT2D eigenvalue weighted by molar-refractivity contribution is -0.120. The van der Waals surface area contributed by atoms with E-state index in [1.807, 2.05) is 18.2 Å². The van der Waals surface area contributed by atoms with Gasteiger partial charge in [-0.1, -0.05) is 41.0 Å². The second-order valence-corrected chi connectivity index (χ2v) is 11.7. The van der Waals surface area contributed by atoms with Gasteiger partial charge in [0.05, 0.1) is 11.3 Å². The van der Waals surface area contributed by atoms with Crippen LogP contribution in [0.2, 0.25) is 0 Å². The zero-order valence-corrected chi connectivity index (χ0v) is 22.6. The summed E-state index contributed by atoms with van der Waals surface area (Å²) in [6.07, 6.45) is 4.78. The smallest absolute Gasteiger partial charge is 0.300 e. The fourth-order valence-electron chi connectivity index (χ4n) is 6.09. The van der Waals surface area contributed by atoms with Gasteiger partial charge in [-0.2, -0.15) is 14.6 Å². The number of carbonyl (C=O) groups excluding carboxylic acids is 1. The number of aromatic nitrogens is 4. The summed E-state index contributed by atoms with van der Waals surface area (Å²) in [4.78, 5) is 35.1. The lowest BCUT2D eigenvalue weighted by Crippen LogP contribution is -2.44. The molecule has 0 aliphatic heterocycles. The molecule has 4 aromatic rings. The number of hydrogen-bond acceptors (Lipinski definition) is 6. The van der Waals surface area contributed by atoms with Gasteiger partial charge in [-0.25, -0.2) is 9.37 Å². The molecule has 6 rings (SSSR count). The zero-order chi connectivity index (χ0) is 25.7. The number of fused-ring (bicyclic) bond motifs is 5. The van der Waals surface area contributed by atoms with Crippen LogP contribution in [0.15, 0.2) is 56.9 Å². The molecule has 2 aromatic carbocycles. The second-order valence-electron chi connectivity index (χ2n) is 9.85. The maximum atomic E-state index is 13.5. The first-order valence-electron chi connectivity index (χ1n) is 12.5. The summed E-state index contributed by atoms with van der Waals surface area (Å²) in [7, 11) is 0. The molecule has 2 fully saturated rings. The van der Waals surface area contributed by atoms with Gasteiger partial charge in [-0.15, -0.1) is 0 Å². The number of rotatable bonds is 6. The van der Waals surface area contributed by atoms with Gasteiger partial charge in [0.1, 0.15) is 5.82 Å². The van der Waals surface area contributed by atoms with Gasteiger partial charge in [0.15, 0.2) is 16.5 Å². The minimum Gasteiger partial charge on any atom is -0.352 e. The largest absolute Gasteiger partial charge is 0.352 e. The molecule has 0 spiro atoms. The van der Waals surface area contributed by atoms with Crippen molar-refractivity contribution in [1.29, 1.82) is 0 Å². The summed E-state index contributed by atoms with van der Waals surface area (Å²) < 4.78 is 15.8. The van der Waals surface area contributed by atoms with E-state index in [0.29, 0.717) is 39.1 Å². The van der Waals surface area contributed by atoms with Gasteiger partial charge in [-0.05, 0) is 79.5 Å². The number of carbonyl (C=O) groups is 1. The fourth-order valence-corrected chi connectivity index (χ4v) is 7.21. The van der Waals surface area contributed by atoms with E-state index in [9.17, 15) is 14.0 Å². The Morgan fingerprint density at radius 1 is 1.16 bits per heavy atom. The molecule has 190 valence electrons. The molecule has 2 heterocycles. The number of amides is 1. The van der Waals surface area contributed by atoms with E-state index in [1.165, 1.54) is 59.8 Å². The van der Waals surface area contributed by atoms with Crippen LogP contribution in [0.1, 0.15) is 32.6 Å². The van der Waals surface area contributed by atoms with Crippen LogP contribution in [0, 0.1) is 23.6 Å². The van der Waals surface area contributed by atoms with Crippen molar-refractivity contribution in [3.05, 3.63) is 63.1 Å². The molecule has 0 radical (unpaired) electrons. The molecule has 4 atom stereocenters. The van der Waals surface area contributed by atoms with Gasteiger partial charge in [0.2, 0.25) is 5.91 Å². The van der Waals surface area contributed by atoms with E-state index in [1.54, 1.807) is 0 Å². The summed E-state index contributed by atoms with van der Waals surface area (Å²) in [6, 6.07) is 11.3. The Morgan fingerprint density at radius 2 is 1.95 bits per heavy atom. The Bertz CT molecular complexity index is 1580. The molecule has 37 heavy (non-hydrogen) atoms. The predicted octanol–water partition coefficient (Wildman–Crippen LogP) is 5.24. The number of thioether (sulfide) groups is 1. The van der Waals surface area contributed by atoms with Gasteiger partial charge in [-0.3, -0.25) is 9.59 Å². The third kappa shape index (κ3) is 4.54. The molecule has 2 aliphatic rings. The van der Waals surface area contributed by atoms with Crippen LogP contribution in [0.3, 0.4) is 0 Å². The van der Waals surface area contributed by atoms with Crippen molar-refractivity contribution in [3.63, 3.8) is 0 Å². The molecule has 0 unspecified atom stereocenters. The first-order chi connectivity index (χ1) is 17.9. The van der Waals surface area contributed by atoms with E-state index >= 15 is 0 Å². The van der Waals surface area contributed by atoms with Crippen LogP contribution in [-0.4, -0.2) is 37.3 Å². The Balaban J connectivity index is 1.35. The van der Waals surface area contributed by atoms with E-state index in [2.05, 4.69) is 38.3 Å². The minimum atomic E-state index is -0.519. The van der Waals surface area contributed by atoms with Gasteiger partial charge < -0.3 is 5.32 Å². The molecule has 7 nitrogen and oxygen atoms in total. The van der Waals surface area contributed by atoms with E-state index in [0.717, 1.165) is 16.8 Å². The molecule has 10 heteroatoms. The second kappa shape index (κ2) is 9.79. The number of benzene rings is 2. The standard InChI is InChI=1S/C27H25BrFN5O2S/c1-2-19-15-3-4-16(11-15)23(19)31-22(35)13-37-27-30-21-10-7-17(28)12-20(21)25-32-26(36)24(33-34(25)27)14-5-8-18(29)9-6-14/h5-10,12,15-16,19,23H,2-4,11,13H2,1H3,(H,31,35)/t15-,16-,19-,23-/m0/s1. The minimum absolute atomic E-state index is 0.0281. The van der Waals surface area contributed by atoms with Gasteiger partial charge in [0.25, 0.3) is 5.56 Å². The maximum absolute atomic E-state index is 13.5. The van der Waals surface area contributed by atoms with Crippen molar-refractivity contribution in [2.24, 2.45) is 17.8 Å². The molecule has 1 amide bonds. The van der Waals surface area contributed by atoms with Crippen molar-refractivity contribution in [1.82, 2.24) is 24.9 Å². The van der Waals surface area contributed by atoms with Gasteiger partial charge in [0, 0.05) is 21.5 Å². The summed E-state index contributed by atoms with van der Waals surface area (Å²) in [5.74, 6) is 1.61. The first-order valence-corrected chi connectivity index (χ1v) is 14.3. The fraction of sp³-hybridized carbons (Fsp3) is 0.370. The van der Waals surface area contributed by atoms with Gasteiger partial charge >= 0.3 is 0 Å². The molecule has 2 aromatic heterocycles. The lowest BCUT2D eigenvalue weighted by Gasteiger charge is -2.31. The van der Waals surface area contributed by atoms with Crippen molar-refractivity contribution >= 4 is 50.1 Å². The van der Waals surface area contributed by atoms with Crippen LogP contribution in [0.4, 0.5) is 4.39 Å². The third-order valence-corrected chi connectivity index (χ3v) is 9.17. The van der Waals surface area contributed by atoms with Crippen molar-refractivity contribution in [2.75, 3.05) is 5.75 Å². The molecule has 2 saturated carbocycles. The molecule has 0 saturated heterocycles. The summed E-state index contributed by atoms with van der Waals surface area (Å²) in [5, 5.41) is 9.00. The van der Waals surface area contributed by atoms with Crippen molar-refractivity contribution in [3.8, 4) is 11.3 Å². The summed E-state index contributed by atoms with van der Waals surface area (Å²) in [5.41, 5.74) is 1.03. The number of nitrogens with one attached hydrogen (secondary N) is 1. The molecule has 2 aliphatic carbocycles. The normalized spacial score (nSPS) is 22.7. The summed E-state index contributed by atoms with van der Waals surface area (Å²) >= 11 is 4.74. The van der Waals surface area contributed by atoms with E-state index in [4.69, 9.17) is 4.98 Å². The highest BCUT2D eigenvalue weighted by molar-refractivity contribution is 9.10. The highest BCUT2D eigenvalue weighted by atomic mass is 79.9. The SMILES string of the molecule is CC[C@H]1[C@H]2CC[C@@H](C2)[C@@H]1NC(=O)CSc1nc2ccc(Br)cc2c2nc(=O)c(-c3ccc(F)cc3)nn12. The Kier molecular flexibility index (Phi) is 6.48. The average molecular weight is 582 g/mol. The maximum Gasteiger partial charge on any atom is 0.300 e. The topological polar surface area (TPSA) is 89.2 Å². The lowest BCUT2D eigenvalue weighted by atomic mass is 9.83. The average Bonchev–Trinajstić information content (AvgIpc) is 3.49. The first kappa shape index (κ1) is 24.5. The number of hydrogen-bond donors (Lipinski definition) is 1. The van der Waals surface area contributed by atoms with E-state index < -0.39 is 11.4 Å². The quantitative estimate of drug-likeness (QED) is 0.190. The van der Waals surface area contributed by atoms with Crippen LogP contribution in [0.25, 0.3) is 27.8 Å². The van der Waals surface area contributed by atoms with Crippen molar-refractivity contribution in [2.45, 2.75) is 43.8 Å². The van der Waals surface area contributed by atoms with Crippen LogP contribution < -0.4 is 10.9 Å². The molecular formula is C27H25BrFN5O2S. The summed E-state index contributed by atoms with van der Waals surface area (Å²) in [6.45, 7) is 2.21. The van der Waals surface area contributed by atoms with Crippen LogP contribution in [0.5, 0.6) is 0 Å². The number of nitrogens with zero attached hydrogens (tertiary/aromatic N) is 4. The Hall–Kier alpha value is -2.85. The predicted molar refractivity (Wildman–Crippen MR) is 145 cm³/mol. The highest BCUT2D eigenvalue weighted by Crippen LogP contribution is 2.49. The zero-order valence-electron chi connectivity index (χ0n) is 20.2. The number of halogens is 2. The van der Waals surface area contributed by atoms with Crippen molar-refractivity contribution < 1.29 is 9.18 Å².